The van der Waals surface area contributed by atoms with Gasteiger partial charge >= 0.3 is 0 Å². The molecule has 50 valence electrons. The lowest BCUT2D eigenvalue weighted by Crippen LogP contribution is -2.05. The second-order valence-corrected chi connectivity index (χ2v) is 1.75. The van der Waals surface area contributed by atoms with E-state index in [9.17, 15) is 0 Å². The first-order valence-electron chi connectivity index (χ1n) is 2.70. The first kappa shape index (κ1) is 7.95. The van der Waals surface area contributed by atoms with Crippen LogP contribution < -0.4 is 0 Å². The molecule has 0 fully saturated rings. The molecule has 0 aliphatic rings. The lowest BCUT2D eigenvalue weighted by Gasteiger charge is -2.11. The Morgan fingerprint density at radius 2 is 2.22 bits per heavy atom. The molecule has 2 heteroatoms. The molecule has 0 rings (SSSR count). The van der Waals surface area contributed by atoms with Crippen molar-refractivity contribution >= 4 is 6.72 Å². The van der Waals surface area contributed by atoms with Crippen LogP contribution in [-0.4, -0.2) is 18.7 Å². The Balaban J connectivity index is 3.99. The fourth-order valence-corrected chi connectivity index (χ4v) is 0.367. The van der Waals surface area contributed by atoms with E-state index in [1.807, 2.05) is 18.9 Å². The number of aliphatic imine (C=N–C) groups is 1. The molecular weight excluding hydrogens is 112 g/mol. The van der Waals surface area contributed by atoms with Crippen molar-refractivity contribution in [2.45, 2.75) is 6.92 Å². The predicted octanol–water partition coefficient (Wildman–Crippen LogP) is 1.62. The van der Waals surface area contributed by atoms with Gasteiger partial charge in [0.25, 0.3) is 0 Å². The zero-order chi connectivity index (χ0) is 7.28. The molecule has 0 radical (unpaired) electrons. The maximum Gasteiger partial charge on any atom is 0.0452 e. The third-order valence-electron chi connectivity index (χ3n) is 1.11. The Kier molecular flexibility index (Phi) is 3.44. The summed E-state index contributed by atoms with van der Waals surface area (Å²) in [4.78, 5) is 5.47. The zero-order valence-corrected chi connectivity index (χ0v) is 5.96. The minimum atomic E-state index is 1.03. The van der Waals surface area contributed by atoms with Gasteiger partial charge in [0.1, 0.15) is 0 Å². The van der Waals surface area contributed by atoms with E-state index < -0.39 is 0 Å². The van der Waals surface area contributed by atoms with Crippen molar-refractivity contribution < 1.29 is 0 Å². The monoisotopic (exact) mass is 124 g/mol. The number of hydrogen-bond acceptors (Lipinski definition) is 2. The molecule has 0 saturated heterocycles. The minimum Gasteiger partial charge on any atom is -0.354 e. The lowest BCUT2D eigenvalue weighted by atomic mass is 10.5. The van der Waals surface area contributed by atoms with Gasteiger partial charge in [0.05, 0.1) is 0 Å². The van der Waals surface area contributed by atoms with Crippen LogP contribution in [0.3, 0.4) is 0 Å². The lowest BCUT2D eigenvalue weighted by molar-refractivity contribution is 0.570. The molecule has 0 atom stereocenters. The van der Waals surface area contributed by atoms with Crippen molar-refractivity contribution in [3.63, 3.8) is 0 Å². The van der Waals surface area contributed by atoms with Crippen molar-refractivity contribution in [2.75, 3.05) is 7.05 Å². The van der Waals surface area contributed by atoms with Crippen molar-refractivity contribution in [2.24, 2.45) is 4.99 Å². The van der Waals surface area contributed by atoms with Gasteiger partial charge < -0.3 is 4.90 Å². The van der Waals surface area contributed by atoms with E-state index >= 15 is 0 Å². The summed E-state index contributed by atoms with van der Waals surface area (Å²) in [6.07, 6.45) is 3.40. The number of hydrogen-bond donors (Lipinski definition) is 0. The summed E-state index contributed by atoms with van der Waals surface area (Å²) in [5.74, 6) is 0. The second-order valence-electron chi connectivity index (χ2n) is 1.75. The van der Waals surface area contributed by atoms with Crippen molar-refractivity contribution in [1.29, 1.82) is 0 Å². The Morgan fingerprint density at radius 3 is 2.56 bits per heavy atom. The van der Waals surface area contributed by atoms with Crippen LogP contribution in [0, 0.1) is 0 Å². The Bertz CT molecular complexity index is 136. The van der Waals surface area contributed by atoms with Gasteiger partial charge in [-0.05, 0) is 19.8 Å². The van der Waals surface area contributed by atoms with Gasteiger partial charge in [-0.2, -0.15) is 0 Å². The van der Waals surface area contributed by atoms with Crippen molar-refractivity contribution in [1.82, 2.24) is 4.90 Å². The topological polar surface area (TPSA) is 15.6 Å². The van der Waals surface area contributed by atoms with Crippen molar-refractivity contribution in [3.05, 3.63) is 24.7 Å². The van der Waals surface area contributed by atoms with Crippen LogP contribution >= 0.6 is 0 Å². The highest BCUT2D eigenvalue weighted by Gasteiger charge is 1.88. The molecule has 0 spiro atoms. The SMILES string of the molecule is C=CN(C)/C(C)=C\N=C. The van der Waals surface area contributed by atoms with E-state index in [1.54, 1.807) is 12.4 Å². The van der Waals surface area contributed by atoms with Crippen LogP contribution in [0.5, 0.6) is 0 Å². The molecule has 0 aromatic carbocycles. The molecule has 0 aliphatic carbocycles. The van der Waals surface area contributed by atoms with Gasteiger partial charge in [0, 0.05) is 18.9 Å². The summed E-state index contributed by atoms with van der Waals surface area (Å²) in [6.45, 7) is 8.86. The molecule has 2 nitrogen and oxygen atoms in total. The molecular formula is C7H12N2. The number of nitrogens with zero attached hydrogens (tertiary/aromatic N) is 2. The third kappa shape index (κ3) is 2.69. The van der Waals surface area contributed by atoms with E-state index in [0.29, 0.717) is 0 Å². The molecule has 0 aromatic rings. The molecule has 0 saturated carbocycles. The average Bonchev–Trinajstić information content (AvgIpc) is 1.87. The molecule has 9 heavy (non-hydrogen) atoms. The summed E-state index contributed by atoms with van der Waals surface area (Å²) in [5, 5.41) is 0. The van der Waals surface area contributed by atoms with Gasteiger partial charge in [0.2, 0.25) is 0 Å². The molecule has 0 aromatic heterocycles. The average molecular weight is 124 g/mol. The van der Waals surface area contributed by atoms with Gasteiger partial charge in [-0.1, -0.05) is 6.58 Å². The van der Waals surface area contributed by atoms with Crippen LogP contribution in [0.25, 0.3) is 0 Å². The van der Waals surface area contributed by atoms with Crippen LogP contribution in [0.2, 0.25) is 0 Å². The van der Waals surface area contributed by atoms with Gasteiger partial charge in [-0.3, -0.25) is 4.99 Å². The molecule has 0 aliphatic heterocycles. The molecule has 0 amide bonds. The molecule has 0 unspecified atom stereocenters. The second kappa shape index (κ2) is 3.89. The van der Waals surface area contributed by atoms with E-state index in [-0.39, 0.29) is 0 Å². The highest BCUT2D eigenvalue weighted by atomic mass is 15.1. The Morgan fingerprint density at radius 1 is 1.67 bits per heavy atom. The molecule has 0 bridgehead atoms. The number of allylic oxidation sites excluding steroid dienone is 1. The Labute approximate surface area is 56.2 Å². The first-order valence-corrected chi connectivity index (χ1v) is 2.70. The highest BCUT2D eigenvalue weighted by molar-refractivity contribution is 5.26. The fraction of sp³-hybridized carbons (Fsp3) is 0.286. The Hall–Kier alpha value is -1.05. The molecule has 0 N–H and O–H groups in total. The third-order valence-corrected chi connectivity index (χ3v) is 1.11. The van der Waals surface area contributed by atoms with Crippen LogP contribution in [-0.2, 0) is 0 Å². The summed E-state index contributed by atoms with van der Waals surface area (Å²) < 4.78 is 0. The summed E-state index contributed by atoms with van der Waals surface area (Å²) in [5.41, 5.74) is 1.03. The van der Waals surface area contributed by atoms with E-state index in [4.69, 9.17) is 0 Å². The first-order chi connectivity index (χ1) is 4.22. The smallest absolute Gasteiger partial charge is 0.0452 e. The highest BCUT2D eigenvalue weighted by Crippen LogP contribution is 1.98. The van der Waals surface area contributed by atoms with Crippen molar-refractivity contribution in [3.8, 4) is 0 Å². The van der Waals surface area contributed by atoms with Gasteiger partial charge in [0.15, 0.2) is 0 Å². The standard InChI is InChI=1S/C7H12N2/c1-5-9(4)7(2)6-8-3/h5-6H,1,3H2,2,4H3/b7-6-. The zero-order valence-electron chi connectivity index (χ0n) is 5.96. The van der Waals surface area contributed by atoms with Crippen LogP contribution in [0.1, 0.15) is 6.92 Å². The maximum atomic E-state index is 3.60. The van der Waals surface area contributed by atoms with Crippen LogP contribution in [0.4, 0.5) is 0 Å². The van der Waals surface area contributed by atoms with E-state index in [2.05, 4.69) is 18.3 Å². The van der Waals surface area contributed by atoms with E-state index in [1.165, 1.54) is 0 Å². The maximum absolute atomic E-state index is 3.60. The van der Waals surface area contributed by atoms with Gasteiger partial charge in [-0.15, -0.1) is 0 Å². The largest absolute Gasteiger partial charge is 0.354 e. The van der Waals surface area contributed by atoms with E-state index in [0.717, 1.165) is 5.70 Å². The van der Waals surface area contributed by atoms with Gasteiger partial charge in [-0.25, -0.2) is 0 Å². The fourth-order valence-electron chi connectivity index (χ4n) is 0.367. The normalized spacial score (nSPS) is 10.7. The summed E-state index contributed by atoms with van der Waals surface area (Å²) >= 11 is 0. The molecule has 0 heterocycles. The summed E-state index contributed by atoms with van der Waals surface area (Å²) in [7, 11) is 1.91. The quantitative estimate of drug-likeness (QED) is 0.522. The number of rotatable bonds is 3. The van der Waals surface area contributed by atoms with Crippen LogP contribution in [0.15, 0.2) is 29.7 Å². The predicted molar refractivity (Wildman–Crippen MR) is 41.3 cm³/mol. The minimum absolute atomic E-state index is 1.03. The summed E-state index contributed by atoms with van der Waals surface area (Å²) in [6, 6.07) is 0.